The molecule has 1 aliphatic rings. The second kappa shape index (κ2) is 4.85. The molecule has 0 saturated carbocycles. The van der Waals surface area contributed by atoms with Crippen LogP contribution in [0.3, 0.4) is 0 Å². The Kier molecular flexibility index (Phi) is 3.50. The molecule has 0 saturated heterocycles. The fourth-order valence-electron chi connectivity index (χ4n) is 2.35. The van der Waals surface area contributed by atoms with Crippen molar-refractivity contribution in [2.45, 2.75) is 26.1 Å². The van der Waals surface area contributed by atoms with E-state index in [1.807, 2.05) is 4.90 Å². The maximum atomic E-state index is 12.9. The lowest BCUT2D eigenvalue weighted by Crippen LogP contribution is -2.29. The van der Waals surface area contributed by atoms with Crippen LogP contribution >= 0.6 is 0 Å². The van der Waals surface area contributed by atoms with Crippen LogP contribution in [0.4, 0.5) is 13.2 Å². The van der Waals surface area contributed by atoms with E-state index in [2.05, 4.69) is 6.58 Å². The van der Waals surface area contributed by atoms with Crippen LogP contribution in [0.15, 0.2) is 24.4 Å². The molecule has 0 unspecified atom stereocenters. The van der Waals surface area contributed by atoms with Crippen molar-refractivity contribution in [3.05, 3.63) is 46.7 Å². The molecular weight excluding hydrogens is 271 g/mol. The second-order valence-electron chi connectivity index (χ2n) is 4.88. The van der Waals surface area contributed by atoms with Crippen LogP contribution in [0.1, 0.15) is 34.0 Å². The van der Waals surface area contributed by atoms with E-state index in [1.165, 1.54) is 0 Å². The summed E-state index contributed by atoms with van der Waals surface area (Å²) in [5.74, 6) is -1.55. The fraction of sp³-hybridized carbons (Fsp3) is 0.357. The minimum Gasteiger partial charge on any atom is -0.478 e. The van der Waals surface area contributed by atoms with Crippen LogP contribution < -0.4 is 0 Å². The number of fused-ring (bicyclic) bond motifs is 1. The fourth-order valence-corrected chi connectivity index (χ4v) is 2.35. The molecule has 6 heteroatoms. The summed E-state index contributed by atoms with van der Waals surface area (Å²) in [6.07, 6.45) is -4.16. The number of carboxylic acid groups (broad SMARTS) is 1. The summed E-state index contributed by atoms with van der Waals surface area (Å²) in [6, 6.07) is 2.10. The first-order valence-corrected chi connectivity index (χ1v) is 6.07. The van der Waals surface area contributed by atoms with E-state index < -0.39 is 23.3 Å². The molecule has 1 heterocycles. The summed E-state index contributed by atoms with van der Waals surface area (Å²) >= 11 is 0. The quantitative estimate of drug-likeness (QED) is 0.906. The largest absolute Gasteiger partial charge is 0.478 e. The summed E-state index contributed by atoms with van der Waals surface area (Å²) in [5.41, 5.74) is 0.184. The zero-order valence-electron chi connectivity index (χ0n) is 10.9. The Balaban J connectivity index is 2.52. The number of benzene rings is 1. The van der Waals surface area contributed by atoms with Gasteiger partial charge in [-0.3, -0.25) is 0 Å². The van der Waals surface area contributed by atoms with Gasteiger partial charge < -0.3 is 10.0 Å². The Morgan fingerprint density at radius 1 is 1.35 bits per heavy atom. The number of aromatic carboxylic acids is 1. The van der Waals surface area contributed by atoms with Gasteiger partial charge in [0.25, 0.3) is 0 Å². The van der Waals surface area contributed by atoms with Crippen molar-refractivity contribution < 1.29 is 23.1 Å². The number of rotatable bonds is 2. The van der Waals surface area contributed by atoms with Crippen LogP contribution in [0, 0.1) is 0 Å². The Hall–Kier alpha value is -1.98. The normalized spacial score (nSPS) is 14.9. The first-order valence-electron chi connectivity index (χ1n) is 6.07. The van der Waals surface area contributed by atoms with Gasteiger partial charge in [-0.2, -0.15) is 13.2 Å². The molecule has 0 bridgehead atoms. The van der Waals surface area contributed by atoms with E-state index in [-0.39, 0.29) is 0 Å². The number of halogens is 3. The summed E-state index contributed by atoms with van der Waals surface area (Å²) in [7, 11) is 0. The topological polar surface area (TPSA) is 40.5 Å². The number of carboxylic acids is 1. The highest BCUT2D eigenvalue weighted by Crippen LogP contribution is 2.35. The lowest BCUT2D eigenvalue weighted by molar-refractivity contribution is -0.138. The number of carbonyl (C=O) groups is 1. The molecule has 2 rings (SSSR count). The molecule has 108 valence electrons. The molecule has 0 fully saturated rings. The van der Waals surface area contributed by atoms with Gasteiger partial charge in [0, 0.05) is 18.8 Å². The van der Waals surface area contributed by atoms with Crippen molar-refractivity contribution in [3.8, 4) is 0 Å². The highest BCUT2D eigenvalue weighted by Gasteiger charge is 2.36. The molecule has 0 atom stereocenters. The van der Waals surface area contributed by atoms with Gasteiger partial charge in [0.15, 0.2) is 0 Å². The zero-order chi connectivity index (χ0) is 15.1. The van der Waals surface area contributed by atoms with Crippen molar-refractivity contribution in [2.75, 3.05) is 6.54 Å². The monoisotopic (exact) mass is 285 g/mol. The molecule has 0 amide bonds. The molecule has 3 nitrogen and oxygen atoms in total. The number of hydrogen-bond acceptors (Lipinski definition) is 2. The van der Waals surface area contributed by atoms with E-state index in [4.69, 9.17) is 5.11 Å². The number of allylic oxidation sites excluding steroid dienone is 1. The summed E-state index contributed by atoms with van der Waals surface area (Å²) in [4.78, 5) is 12.9. The van der Waals surface area contributed by atoms with Crippen LogP contribution in [-0.2, 0) is 19.1 Å². The summed E-state index contributed by atoms with van der Waals surface area (Å²) in [5, 5.41) is 8.95. The third kappa shape index (κ3) is 2.64. The number of alkyl halides is 3. The second-order valence-corrected chi connectivity index (χ2v) is 4.88. The SMILES string of the molecule is C=C(C)N1CCc2cc(C(=O)O)c(C(F)(F)F)cc2C1. The van der Waals surface area contributed by atoms with Gasteiger partial charge in [0.2, 0.25) is 0 Å². The maximum absolute atomic E-state index is 12.9. The van der Waals surface area contributed by atoms with Gasteiger partial charge in [0.05, 0.1) is 11.1 Å². The van der Waals surface area contributed by atoms with Crippen molar-refractivity contribution >= 4 is 5.97 Å². The molecular formula is C14H14F3NO2. The van der Waals surface area contributed by atoms with Crippen molar-refractivity contribution in [3.63, 3.8) is 0 Å². The first-order chi connectivity index (χ1) is 9.20. The standard InChI is InChI=1S/C14H14F3NO2/c1-8(2)18-4-3-9-5-11(13(19)20)12(14(15,16)17)6-10(9)7-18/h5-6H,1,3-4,7H2,2H3,(H,19,20). The van der Waals surface area contributed by atoms with Gasteiger partial charge in [0.1, 0.15) is 0 Å². The van der Waals surface area contributed by atoms with Crippen LogP contribution in [-0.4, -0.2) is 22.5 Å². The lowest BCUT2D eigenvalue weighted by atomic mass is 9.93. The summed E-state index contributed by atoms with van der Waals surface area (Å²) in [6.45, 7) is 6.53. The number of nitrogens with zero attached hydrogens (tertiary/aromatic N) is 1. The Morgan fingerprint density at radius 3 is 2.50 bits per heavy atom. The highest BCUT2D eigenvalue weighted by atomic mass is 19.4. The first kappa shape index (κ1) is 14.4. The van der Waals surface area contributed by atoms with Crippen LogP contribution in [0.25, 0.3) is 0 Å². The van der Waals surface area contributed by atoms with Crippen LogP contribution in [0.2, 0.25) is 0 Å². The third-order valence-corrected chi connectivity index (χ3v) is 3.43. The minimum absolute atomic E-state index is 0.327. The number of hydrogen-bond donors (Lipinski definition) is 1. The molecule has 0 radical (unpaired) electrons. The minimum atomic E-state index is -4.67. The van der Waals surface area contributed by atoms with Gasteiger partial charge in [-0.05, 0) is 36.6 Å². The molecule has 0 aliphatic carbocycles. The van der Waals surface area contributed by atoms with Crippen LogP contribution in [0.5, 0.6) is 0 Å². The molecule has 1 N–H and O–H groups in total. The maximum Gasteiger partial charge on any atom is 0.417 e. The third-order valence-electron chi connectivity index (χ3n) is 3.43. The predicted octanol–water partition coefficient (Wildman–Crippen LogP) is 3.30. The molecule has 0 aromatic heterocycles. The van der Waals surface area contributed by atoms with E-state index in [0.29, 0.717) is 30.6 Å². The Bertz CT molecular complexity index is 579. The van der Waals surface area contributed by atoms with E-state index in [0.717, 1.165) is 17.8 Å². The van der Waals surface area contributed by atoms with Crippen molar-refractivity contribution in [1.82, 2.24) is 4.90 Å². The Labute approximate surface area is 114 Å². The van der Waals surface area contributed by atoms with Gasteiger partial charge in [-0.15, -0.1) is 0 Å². The average molecular weight is 285 g/mol. The zero-order valence-corrected chi connectivity index (χ0v) is 10.9. The van der Waals surface area contributed by atoms with Gasteiger partial charge in [-0.25, -0.2) is 4.79 Å². The highest BCUT2D eigenvalue weighted by molar-refractivity contribution is 5.90. The predicted molar refractivity (Wildman–Crippen MR) is 67.3 cm³/mol. The van der Waals surface area contributed by atoms with Gasteiger partial charge >= 0.3 is 12.1 Å². The summed E-state index contributed by atoms with van der Waals surface area (Å²) < 4.78 is 38.8. The van der Waals surface area contributed by atoms with Crippen molar-refractivity contribution in [2.24, 2.45) is 0 Å². The molecule has 0 spiro atoms. The Morgan fingerprint density at radius 2 is 2.00 bits per heavy atom. The molecule has 1 aromatic rings. The lowest BCUT2D eigenvalue weighted by Gasteiger charge is -2.31. The smallest absolute Gasteiger partial charge is 0.417 e. The van der Waals surface area contributed by atoms with Gasteiger partial charge in [-0.1, -0.05) is 6.58 Å². The molecule has 1 aromatic carbocycles. The van der Waals surface area contributed by atoms with E-state index >= 15 is 0 Å². The average Bonchev–Trinajstić information content (AvgIpc) is 2.35. The van der Waals surface area contributed by atoms with E-state index in [9.17, 15) is 18.0 Å². The molecule has 20 heavy (non-hydrogen) atoms. The molecule has 1 aliphatic heterocycles. The van der Waals surface area contributed by atoms with E-state index in [1.54, 1.807) is 6.92 Å². The van der Waals surface area contributed by atoms with Crippen molar-refractivity contribution in [1.29, 1.82) is 0 Å².